The van der Waals surface area contributed by atoms with Crippen molar-refractivity contribution in [1.82, 2.24) is 0 Å². The fraction of sp³-hybridized carbons (Fsp3) is 0.412. The van der Waals surface area contributed by atoms with E-state index < -0.39 is 0 Å². The van der Waals surface area contributed by atoms with Crippen molar-refractivity contribution in [2.45, 2.75) is 43.5 Å². The Hall–Kier alpha value is -1.02. The molecule has 0 spiro atoms. The zero-order chi connectivity index (χ0) is 13.1. The van der Waals surface area contributed by atoms with E-state index in [2.05, 4.69) is 52.3 Å². The van der Waals surface area contributed by atoms with Gasteiger partial charge in [-0.05, 0) is 42.5 Å². The van der Waals surface area contributed by atoms with Crippen molar-refractivity contribution in [1.29, 1.82) is 0 Å². The Bertz CT molecular complexity index is 558. The normalized spacial score (nSPS) is 16.7. The Balaban J connectivity index is 1.93. The molecule has 0 N–H and O–H groups in total. The first-order valence-electron chi connectivity index (χ1n) is 7.12. The summed E-state index contributed by atoms with van der Waals surface area (Å²) >= 11 is 3.61. The van der Waals surface area contributed by atoms with Crippen molar-refractivity contribution < 1.29 is 4.74 Å². The summed E-state index contributed by atoms with van der Waals surface area (Å²) in [6.07, 6.45) is 6.79. The van der Waals surface area contributed by atoms with Crippen molar-refractivity contribution in [3.63, 3.8) is 0 Å². The van der Waals surface area contributed by atoms with Gasteiger partial charge in [0.25, 0.3) is 0 Å². The quantitative estimate of drug-likeness (QED) is 0.684. The molecule has 2 aromatic carbocycles. The fourth-order valence-corrected chi connectivity index (χ4v) is 3.51. The van der Waals surface area contributed by atoms with Gasteiger partial charge in [0.1, 0.15) is 5.75 Å². The van der Waals surface area contributed by atoms with Gasteiger partial charge in [-0.15, -0.1) is 0 Å². The van der Waals surface area contributed by atoms with E-state index in [-0.39, 0.29) is 0 Å². The molecule has 0 radical (unpaired) electrons. The Morgan fingerprint density at radius 3 is 2.58 bits per heavy atom. The fourth-order valence-electron chi connectivity index (χ4n) is 2.93. The highest BCUT2D eigenvalue weighted by molar-refractivity contribution is 9.08. The minimum absolute atomic E-state index is 0.410. The van der Waals surface area contributed by atoms with E-state index in [0.717, 1.165) is 11.1 Å². The van der Waals surface area contributed by atoms with Gasteiger partial charge in [-0.3, -0.25) is 0 Å². The Morgan fingerprint density at radius 1 is 1.00 bits per heavy atom. The molecule has 2 heteroatoms. The number of hydrogen-bond acceptors (Lipinski definition) is 1. The third-order valence-corrected chi connectivity index (χ3v) is 4.54. The van der Waals surface area contributed by atoms with Crippen LogP contribution in [0, 0.1) is 0 Å². The highest BCUT2D eigenvalue weighted by atomic mass is 79.9. The maximum Gasteiger partial charge on any atom is 0.124 e. The lowest BCUT2D eigenvalue weighted by atomic mass is 9.97. The molecule has 1 fully saturated rings. The van der Waals surface area contributed by atoms with Crippen LogP contribution in [0.1, 0.15) is 37.7 Å². The molecule has 100 valence electrons. The van der Waals surface area contributed by atoms with Gasteiger partial charge in [0.05, 0.1) is 6.10 Å². The summed E-state index contributed by atoms with van der Waals surface area (Å²) in [6.45, 7) is 0. The van der Waals surface area contributed by atoms with Gasteiger partial charge in [0.15, 0.2) is 0 Å². The van der Waals surface area contributed by atoms with E-state index in [1.807, 2.05) is 0 Å². The molecule has 0 amide bonds. The molecule has 0 saturated heterocycles. The van der Waals surface area contributed by atoms with Crippen LogP contribution in [0.25, 0.3) is 10.8 Å². The van der Waals surface area contributed by atoms with Crippen LogP contribution in [-0.2, 0) is 5.33 Å². The van der Waals surface area contributed by atoms with Gasteiger partial charge < -0.3 is 4.74 Å². The molecule has 0 heterocycles. The van der Waals surface area contributed by atoms with Gasteiger partial charge in [-0.1, -0.05) is 52.7 Å². The molecule has 1 nitrogen and oxygen atoms in total. The summed E-state index contributed by atoms with van der Waals surface area (Å²) in [7, 11) is 0. The van der Waals surface area contributed by atoms with Crippen LogP contribution in [0.4, 0.5) is 0 Å². The topological polar surface area (TPSA) is 9.23 Å². The molecule has 1 saturated carbocycles. The number of rotatable bonds is 3. The van der Waals surface area contributed by atoms with E-state index in [1.54, 1.807) is 0 Å². The van der Waals surface area contributed by atoms with Crippen LogP contribution >= 0.6 is 15.9 Å². The van der Waals surface area contributed by atoms with Crippen molar-refractivity contribution in [2.75, 3.05) is 0 Å². The lowest BCUT2D eigenvalue weighted by Gasteiger charge is -2.24. The number of fused-ring (bicyclic) bond motifs is 1. The number of alkyl halides is 1. The lowest BCUT2D eigenvalue weighted by Crippen LogP contribution is -2.20. The second kappa shape index (κ2) is 5.96. The highest BCUT2D eigenvalue weighted by Gasteiger charge is 2.17. The van der Waals surface area contributed by atoms with Crippen molar-refractivity contribution >= 4 is 26.7 Å². The Labute approximate surface area is 123 Å². The second-order valence-corrected chi connectivity index (χ2v) is 5.84. The average Bonchev–Trinajstić information content (AvgIpc) is 2.48. The largest absolute Gasteiger partial charge is 0.490 e. The summed E-state index contributed by atoms with van der Waals surface area (Å²) in [5.74, 6) is 1.06. The van der Waals surface area contributed by atoms with Gasteiger partial charge in [-0.2, -0.15) is 0 Å². The molecule has 0 aliphatic heterocycles. The number of ether oxygens (including phenoxy) is 1. The standard InChI is InChI=1S/C17H19BrO/c18-12-16-15-9-5-4-6-13(15)10-11-17(16)19-14-7-2-1-3-8-14/h4-6,9-11,14H,1-3,7-8,12H2. The highest BCUT2D eigenvalue weighted by Crippen LogP contribution is 2.32. The molecule has 0 bridgehead atoms. The summed E-state index contributed by atoms with van der Waals surface area (Å²) in [6, 6.07) is 12.8. The second-order valence-electron chi connectivity index (χ2n) is 5.27. The van der Waals surface area contributed by atoms with E-state index in [1.165, 1.54) is 48.4 Å². The van der Waals surface area contributed by atoms with Crippen LogP contribution in [0.15, 0.2) is 36.4 Å². The van der Waals surface area contributed by atoms with Crippen LogP contribution in [0.2, 0.25) is 0 Å². The van der Waals surface area contributed by atoms with Crippen molar-refractivity contribution in [3.8, 4) is 5.75 Å². The van der Waals surface area contributed by atoms with Crippen LogP contribution < -0.4 is 4.74 Å². The zero-order valence-corrected chi connectivity index (χ0v) is 12.7. The molecule has 1 aliphatic rings. The van der Waals surface area contributed by atoms with Crippen molar-refractivity contribution in [3.05, 3.63) is 42.0 Å². The van der Waals surface area contributed by atoms with Crippen LogP contribution in [-0.4, -0.2) is 6.10 Å². The maximum atomic E-state index is 6.26. The third-order valence-electron chi connectivity index (χ3n) is 3.98. The van der Waals surface area contributed by atoms with E-state index >= 15 is 0 Å². The van der Waals surface area contributed by atoms with Gasteiger partial charge in [0, 0.05) is 10.9 Å². The minimum Gasteiger partial charge on any atom is -0.490 e. The molecule has 2 aromatic rings. The third kappa shape index (κ3) is 2.79. The smallest absolute Gasteiger partial charge is 0.124 e. The molecule has 1 aliphatic carbocycles. The number of hydrogen-bond donors (Lipinski definition) is 0. The average molecular weight is 319 g/mol. The number of halogens is 1. The summed E-state index contributed by atoms with van der Waals surface area (Å²) in [4.78, 5) is 0. The van der Waals surface area contributed by atoms with E-state index in [4.69, 9.17) is 4.74 Å². The Morgan fingerprint density at radius 2 is 1.79 bits per heavy atom. The molecule has 3 rings (SSSR count). The Kier molecular flexibility index (Phi) is 4.07. The SMILES string of the molecule is BrCc1c(OC2CCCCC2)ccc2ccccc12. The minimum atomic E-state index is 0.410. The molecule has 19 heavy (non-hydrogen) atoms. The van der Waals surface area contributed by atoms with Crippen molar-refractivity contribution in [2.24, 2.45) is 0 Å². The molecule has 0 aromatic heterocycles. The molecular weight excluding hydrogens is 300 g/mol. The summed E-state index contributed by atoms with van der Waals surface area (Å²) in [5, 5.41) is 3.43. The summed E-state index contributed by atoms with van der Waals surface area (Å²) in [5.41, 5.74) is 1.28. The monoisotopic (exact) mass is 318 g/mol. The summed E-state index contributed by atoms with van der Waals surface area (Å²) < 4.78 is 6.26. The predicted molar refractivity (Wildman–Crippen MR) is 84.1 cm³/mol. The van der Waals surface area contributed by atoms with Gasteiger partial charge in [0.2, 0.25) is 0 Å². The van der Waals surface area contributed by atoms with E-state index in [9.17, 15) is 0 Å². The first-order chi connectivity index (χ1) is 9.38. The lowest BCUT2D eigenvalue weighted by molar-refractivity contribution is 0.154. The molecule has 0 atom stereocenters. The van der Waals surface area contributed by atoms with Gasteiger partial charge >= 0.3 is 0 Å². The first kappa shape index (κ1) is 13.0. The molecule has 0 unspecified atom stereocenters. The van der Waals surface area contributed by atoms with Crippen LogP contribution in [0.3, 0.4) is 0 Å². The number of benzene rings is 2. The van der Waals surface area contributed by atoms with E-state index in [0.29, 0.717) is 6.10 Å². The zero-order valence-electron chi connectivity index (χ0n) is 11.1. The predicted octanol–water partition coefficient (Wildman–Crippen LogP) is 5.45. The van der Waals surface area contributed by atoms with Crippen LogP contribution in [0.5, 0.6) is 5.75 Å². The van der Waals surface area contributed by atoms with Gasteiger partial charge in [-0.25, -0.2) is 0 Å². The molecular formula is C17H19BrO. The first-order valence-corrected chi connectivity index (χ1v) is 8.24. The maximum absolute atomic E-state index is 6.26.